The van der Waals surface area contributed by atoms with Crippen LogP contribution in [0.3, 0.4) is 0 Å². The lowest BCUT2D eigenvalue weighted by atomic mass is 10.7. The summed E-state index contributed by atoms with van der Waals surface area (Å²) in [6.45, 7) is 0. The van der Waals surface area contributed by atoms with Crippen molar-refractivity contribution in [2.24, 2.45) is 0 Å². The van der Waals surface area contributed by atoms with Crippen molar-refractivity contribution in [1.82, 2.24) is 9.97 Å². The van der Waals surface area contributed by atoms with Crippen LogP contribution in [-0.2, 0) is 0 Å². The molecule has 0 bridgehead atoms. The largest absolute Gasteiger partial charge is 0.245 e. The summed E-state index contributed by atoms with van der Waals surface area (Å²) < 4.78 is 0. The molecule has 0 fully saturated rings. The second-order valence-electron chi connectivity index (χ2n) is 2.48. The minimum Gasteiger partial charge on any atom is -0.245 e. The molecule has 0 aliphatic heterocycles. The van der Waals surface area contributed by atoms with E-state index in [-0.39, 0.29) is 0 Å². The lowest BCUT2D eigenvalue weighted by molar-refractivity contribution is 1.40. The van der Waals surface area contributed by atoms with Gasteiger partial charge in [-0.15, -0.1) is 34.4 Å². The quantitative estimate of drug-likeness (QED) is 0.823. The molecule has 0 aliphatic rings. The molecule has 0 spiro atoms. The van der Waals surface area contributed by atoms with Gasteiger partial charge in [-0.3, -0.25) is 0 Å². The molecule has 2 aromatic rings. The minimum atomic E-state index is 1.03. The number of hydrogen-bond acceptors (Lipinski definition) is 5. The summed E-state index contributed by atoms with van der Waals surface area (Å²) in [5, 5.41) is 10.0. The zero-order chi connectivity index (χ0) is 10.3. The molecule has 0 radical (unpaired) electrons. The number of hydrogen-bond donors (Lipinski definition) is 0. The Hall–Kier alpha value is -0.910. The molecule has 0 atom stereocenters. The summed E-state index contributed by atoms with van der Waals surface area (Å²) in [5.41, 5.74) is 0. The van der Waals surface area contributed by atoms with E-state index in [2.05, 4.69) is 9.97 Å². The van der Waals surface area contributed by atoms with Crippen LogP contribution in [0, 0.1) is 0 Å². The van der Waals surface area contributed by atoms with Crippen LogP contribution in [-0.4, -0.2) is 9.97 Å². The first-order valence-corrected chi connectivity index (χ1v) is 6.93. The molecule has 0 saturated carbocycles. The van der Waals surface area contributed by atoms with Gasteiger partial charge in [0.1, 0.15) is 10.0 Å². The molecule has 0 saturated heterocycles. The van der Waals surface area contributed by atoms with Crippen molar-refractivity contribution in [3.63, 3.8) is 0 Å². The minimum absolute atomic E-state index is 1.03. The molecule has 15 heavy (non-hydrogen) atoms. The summed E-state index contributed by atoms with van der Waals surface area (Å²) in [4.78, 5) is 8.30. The van der Waals surface area contributed by atoms with E-state index in [1.165, 1.54) is 0 Å². The van der Waals surface area contributed by atoms with E-state index >= 15 is 0 Å². The van der Waals surface area contributed by atoms with Crippen LogP contribution < -0.4 is 0 Å². The molecule has 5 heteroatoms. The van der Waals surface area contributed by atoms with Gasteiger partial charge in [0.15, 0.2) is 0 Å². The van der Waals surface area contributed by atoms with Gasteiger partial charge >= 0.3 is 0 Å². The van der Waals surface area contributed by atoms with Gasteiger partial charge in [0, 0.05) is 23.2 Å². The molecular formula is C10H8N2S3. The highest BCUT2D eigenvalue weighted by Gasteiger charge is 1.87. The molecule has 2 aromatic heterocycles. The average molecular weight is 252 g/mol. The van der Waals surface area contributed by atoms with E-state index in [0.717, 1.165) is 10.0 Å². The number of thiazole rings is 2. The lowest BCUT2D eigenvalue weighted by Crippen LogP contribution is -1.63. The Morgan fingerprint density at radius 2 is 1.47 bits per heavy atom. The van der Waals surface area contributed by atoms with Crippen LogP contribution in [0.4, 0.5) is 0 Å². The van der Waals surface area contributed by atoms with Crippen molar-refractivity contribution in [1.29, 1.82) is 0 Å². The molecule has 2 rings (SSSR count). The Balaban J connectivity index is 1.80. The first kappa shape index (κ1) is 10.6. The van der Waals surface area contributed by atoms with Gasteiger partial charge < -0.3 is 0 Å². The Bertz CT molecular complexity index is 387. The molecule has 0 N–H and O–H groups in total. The van der Waals surface area contributed by atoms with Crippen LogP contribution in [0.5, 0.6) is 0 Å². The topological polar surface area (TPSA) is 25.8 Å². The third-order valence-corrected chi connectivity index (χ3v) is 3.55. The monoisotopic (exact) mass is 252 g/mol. The summed E-state index contributed by atoms with van der Waals surface area (Å²) in [6.07, 6.45) is 7.61. The first-order valence-electron chi connectivity index (χ1n) is 4.23. The molecule has 0 unspecified atom stereocenters. The van der Waals surface area contributed by atoms with Crippen LogP contribution >= 0.6 is 34.4 Å². The van der Waals surface area contributed by atoms with Crippen molar-refractivity contribution in [2.75, 3.05) is 0 Å². The third-order valence-electron chi connectivity index (χ3n) is 1.48. The fourth-order valence-electron chi connectivity index (χ4n) is 0.874. The van der Waals surface area contributed by atoms with E-state index in [4.69, 9.17) is 0 Å². The predicted octanol–water partition coefficient (Wildman–Crippen LogP) is 3.97. The Kier molecular flexibility index (Phi) is 4.13. The van der Waals surface area contributed by atoms with E-state index in [0.29, 0.717) is 0 Å². The van der Waals surface area contributed by atoms with Gasteiger partial charge in [0.25, 0.3) is 0 Å². The van der Waals surface area contributed by atoms with Crippen molar-refractivity contribution in [2.45, 2.75) is 0 Å². The highest BCUT2D eigenvalue weighted by Crippen LogP contribution is 2.14. The fourth-order valence-corrected chi connectivity index (χ4v) is 2.61. The molecule has 0 aliphatic carbocycles. The average Bonchev–Trinajstić information content (AvgIpc) is 2.88. The summed E-state index contributed by atoms with van der Waals surface area (Å²) in [7, 11) is 0. The Morgan fingerprint density at radius 3 is 1.87 bits per heavy atom. The van der Waals surface area contributed by atoms with Crippen LogP contribution in [0.25, 0.3) is 12.2 Å². The van der Waals surface area contributed by atoms with Gasteiger partial charge in [0.05, 0.1) is 0 Å². The van der Waals surface area contributed by atoms with E-state index < -0.39 is 0 Å². The van der Waals surface area contributed by atoms with Gasteiger partial charge in [0.2, 0.25) is 0 Å². The van der Waals surface area contributed by atoms with Gasteiger partial charge in [-0.1, -0.05) is 0 Å². The highest BCUT2D eigenvalue weighted by molar-refractivity contribution is 8.05. The maximum absolute atomic E-state index is 4.15. The predicted molar refractivity (Wildman–Crippen MR) is 69.9 cm³/mol. The van der Waals surface area contributed by atoms with E-state index in [9.17, 15) is 0 Å². The second-order valence-corrected chi connectivity index (χ2v) is 5.15. The zero-order valence-corrected chi connectivity index (χ0v) is 10.2. The zero-order valence-electron chi connectivity index (χ0n) is 7.74. The summed E-state index contributed by atoms with van der Waals surface area (Å²) in [5.74, 6) is 0. The van der Waals surface area contributed by atoms with Crippen molar-refractivity contribution >= 4 is 46.6 Å². The van der Waals surface area contributed by atoms with Crippen LogP contribution in [0.15, 0.2) is 34.0 Å². The van der Waals surface area contributed by atoms with Crippen molar-refractivity contribution in [3.05, 3.63) is 44.0 Å². The van der Waals surface area contributed by atoms with E-state index in [1.807, 2.05) is 33.7 Å². The Labute approximate surface area is 100 Å². The smallest absolute Gasteiger partial charge is 0.116 e. The lowest BCUT2D eigenvalue weighted by Gasteiger charge is -1.82. The van der Waals surface area contributed by atoms with Crippen LogP contribution in [0.1, 0.15) is 10.0 Å². The summed E-state index contributed by atoms with van der Waals surface area (Å²) in [6, 6.07) is 0. The van der Waals surface area contributed by atoms with Gasteiger partial charge in [-0.05, 0) is 23.0 Å². The summed E-state index contributed by atoms with van der Waals surface area (Å²) >= 11 is 4.89. The highest BCUT2D eigenvalue weighted by atomic mass is 32.2. The van der Waals surface area contributed by atoms with Gasteiger partial charge in [-0.2, -0.15) is 0 Å². The van der Waals surface area contributed by atoms with Crippen LogP contribution in [0.2, 0.25) is 0 Å². The molecule has 0 amide bonds. The maximum Gasteiger partial charge on any atom is 0.116 e. The third kappa shape index (κ3) is 3.62. The molecule has 0 aromatic carbocycles. The number of rotatable bonds is 4. The fraction of sp³-hybridized carbons (Fsp3) is 0. The molecular weight excluding hydrogens is 244 g/mol. The number of thioether (sulfide) groups is 1. The number of nitrogens with zero attached hydrogens (tertiary/aromatic N) is 2. The van der Waals surface area contributed by atoms with E-state index in [1.54, 1.807) is 46.8 Å². The van der Waals surface area contributed by atoms with Crippen molar-refractivity contribution in [3.8, 4) is 0 Å². The molecule has 2 heterocycles. The normalized spacial score (nSPS) is 11.7. The number of aromatic nitrogens is 2. The Morgan fingerprint density at radius 1 is 0.933 bits per heavy atom. The first-order chi connectivity index (χ1) is 7.45. The van der Waals surface area contributed by atoms with Crippen molar-refractivity contribution < 1.29 is 0 Å². The SMILES string of the molecule is C(=Cc1nccs1)SC=Cc1nccs1. The second kappa shape index (κ2) is 5.85. The maximum atomic E-state index is 4.15. The van der Waals surface area contributed by atoms with Gasteiger partial charge in [-0.25, -0.2) is 9.97 Å². The standard InChI is InChI=1S/C10H8N2S3/c1(9-11-3-7-14-9)5-13-6-2-10-12-4-8-15-10/h1-8H. The molecule has 2 nitrogen and oxygen atoms in total. The molecule has 76 valence electrons.